The molecule has 27 heavy (non-hydrogen) atoms. The fourth-order valence-electron chi connectivity index (χ4n) is 2.01. The van der Waals surface area contributed by atoms with E-state index in [1.54, 1.807) is 0 Å². The molecule has 0 aromatic heterocycles. The highest BCUT2D eigenvalue weighted by Gasteiger charge is 2.17. The highest BCUT2D eigenvalue weighted by Crippen LogP contribution is 2.07. The lowest BCUT2D eigenvalue weighted by molar-refractivity contribution is -0.118. The van der Waals surface area contributed by atoms with Crippen molar-refractivity contribution in [1.29, 1.82) is 0 Å². The minimum absolute atomic E-state index is 0.0277. The molecule has 0 aromatic rings. The Hall–Kier alpha value is -0.720. The standard InChI is InChI=1S/C18H32I2N4O3/c1-13(11-19)21-8-6-7-15(24-16(25)12-20)14(2)22-9-10-23-17(26)27-18(3,4)5/h15,21-22H,1-2,6-12H2,3-5H3,(H,23,26)(H,24,25)/t15-/m0/s1. The molecule has 0 saturated heterocycles. The first-order valence-corrected chi connectivity index (χ1v) is 11.9. The van der Waals surface area contributed by atoms with Crippen LogP contribution in [-0.2, 0) is 9.53 Å². The molecule has 0 rings (SSSR count). The Morgan fingerprint density at radius 2 is 1.63 bits per heavy atom. The van der Waals surface area contributed by atoms with E-state index in [9.17, 15) is 9.59 Å². The summed E-state index contributed by atoms with van der Waals surface area (Å²) < 4.78 is 6.44. The van der Waals surface area contributed by atoms with Gasteiger partial charge in [0.25, 0.3) is 0 Å². The van der Waals surface area contributed by atoms with Crippen LogP contribution in [0.5, 0.6) is 0 Å². The van der Waals surface area contributed by atoms with Gasteiger partial charge in [-0.25, -0.2) is 4.79 Å². The lowest BCUT2D eigenvalue weighted by Crippen LogP contribution is -2.43. The van der Waals surface area contributed by atoms with Gasteiger partial charge in [0, 0.05) is 35.5 Å². The molecule has 156 valence electrons. The van der Waals surface area contributed by atoms with Crippen molar-refractivity contribution in [3.63, 3.8) is 0 Å². The van der Waals surface area contributed by atoms with E-state index in [1.165, 1.54) is 0 Å². The highest BCUT2D eigenvalue weighted by atomic mass is 127. The summed E-state index contributed by atoms with van der Waals surface area (Å²) in [5.74, 6) is -0.0277. The van der Waals surface area contributed by atoms with E-state index in [2.05, 4.69) is 57.0 Å². The number of carbonyl (C=O) groups is 2. The molecule has 0 spiro atoms. The molecule has 0 aliphatic heterocycles. The Labute approximate surface area is 190 Å². The minimum Gasteiger partial charge on any atom is -0.444 e. The Morgan fingerprint density at radius 3 is 2.19 bits per heavy atom. The lowest BCUT2D eigenvalue weighted by Gasteiger charge is -2.23. The summed E-state index contributed by atoms with van der Waals surface area (Å²) in [4.78, 5) is 23.4. The maximum Gasteiger partial charge on any atom is 0.407 e. The summed E-state index contributed by atoms with van der Waals surface area (Å²) in [6.07, 6.45) is 1.18. The molecule has 0 aliphatic rings. The Morgan fingerprint density at radius 1 is 1.00 bits per heavy atom. The van der Waals surface area contributed by atoms with E-state index in [-0.39, 0.29) is 11.9 Å². The molecule has 0 aromatic carbocycles. The predicted molar refractivity (Wildman–Crippen MR) is 127 cm³/mol. The van der Waals surface area contributed by atoms with Crippen LogP contribution in [0.1, 0.15) is 33.6 Å². The molecule has 0 saturated carbocycles. The first-order chi connectivity index (χ1) is 12.6. The topological polar surface area (TPSA) is 91.5 Å². The first-order valence-electron chi connectivity index (χ1n) is 8.81. The van der Waals surface area contributed by atoms with Gasteiger partial charge in [0.05, 0.1) is 10.5 Å². The average Bonchev–Trinajstić information content (AvgIpc) is 2.58. The molecule has 1 atom stereocenters. The van der Waals surface area contributed by atoms with Gasteiger partial charge in [-0.1, -0.05) is 58.3 Å². The molecule has 0 bridgehead atoms. The number of amides is 2. The van der Waals surface area contributed by atoms with Crippen molar-refractivity contribution in [2.45, 2.75) is 45.3 Å². The van der Waals surface area contributed by atoms with Crippen molar-refractivity contribution in [2.24, 2.45) is 0 Å². The normalized spacial score (nSPS) is 11.9. The van der Waals surface area contributed by atoms with Crippen molar-refractivity contribution in [1.82, 2.24) is 21.3 Å². The van der Waals surface area contributed by atoms with Gasteiger partial charge in [-0.15, -0.1) is 0 Å². The zero-order valence-corrected chi connectivity index (χ0v) is 20.7. The molecule has 7 nitrogen and oxygen atoms in total. The van der Waals surface area contributed by atoms with Crippen molar-refractivity contribution in [3.8, 4) is 0 Å². The molecular weight excluding hydrogens is 574 g/mol. The first kappa shape index (κ1) is 26.3. The predicted octanol–water partition coefficient (Wildman–Crippen LogP) is 2.85. The third-order valence-electron chi connectivity index (χ3n) is 3.23. The van der Waals surface area contributed by atoms with Gasteiger partial charge in [0.2, 0.25) is 5.91 Å². The largest absolute Gasteiger partial charge is 0.444 e. The summed E-state index contributed by atoms with van der Waals surface area (Å²) >= 11 is 4.29. The molecule has 0 aliphatic carbocycles. The van der Waals surface area contributed by atoms with Crippen molar-refractivity contribution in [2.75, 3.05) is 28.5 Å². The Balaban J connectivity index is 4.31. The maximum absolute atomic E-state index is 11.8. The number of ether oxygens (including phenoxy) is 1. The van der Waals surface area contributed by atoms with Gasteiger partial charge < -0.3 is 26.0 Å². The molecule has 9 heteroatoms. The molecule has 2 amide bonds. The van der Waals surface area contributed by atoms with E-state index in [4.69, 9.17) is 4.74 Å². The molecular formula is C18H32I2N4O3. The van der Waals surface area contributed by atoms with E-state index < -0.39 is 11.7 Å². The van der Waals surface area contributed by atoms with E-state index >= 15 is 0 Å². The number of hydrogen-bond donors (Lipinski definition) is 4. The summed E-state index contributed by atoms with van der Waals surface area (Å²) in [5.41, 5.74) is 1.20. The van der Waals surface area contributed by atoms with Gasteiger partial charge in [-0.05, 0) is 33.6 Å². The summed E-state index contributed by atoms with van der Waals surface area (Å²) in [7, 11) is 0. The molecule has 0 fully saturated rings. The second kappa shape index (κ2) is 14.3. The van der Waals surface area contributed by atoms with Crippen LogP contribution in [0, 0.1) is 0 Å². The van der Waals surface area contributed by atoms with Gasteiger partial charge in [0.1, 0.15) is 5.60 Å². The van der Waals surface area contributed by atoms with E-state index in [0.717, 1.165) is 35.2 Å². The van der Waals surface area contributed by atoms with Crippen molar-refractivity contribution >= 4 is 57.2 Å². The van der Waals surface area contributed by atoms with Gasteiger partial charge >= 0.3 is 6.09 Å². The number of hydrogen-bond acceptors (Lipinski definition) is 5. The van der Waals surface area contributed by atoms with Crippen LogP contribution in [0.15, 0.2) is 24.6 Å². The number of nitrogens with one attached hydrogen (secondary N) is 4. The number of rotatable bonds is 13. The fourth-order valence-corrected chi connectivity index (χ4v) is 2.50. The average molecular weight is 606 g/mol. The van der Waals surface area contributed by atoms with Crippen molar-refractivity contribution < 1.29 is 14.3 Å². The van der Waals surface area contributed by atoms with Crippen LogP contribution in [0.4, 0.5) is 4.79 Å². The second-order valence-corrected chi connectivity index (χ2v) is 8.47. The van der Waals surface area contributed by atoms with Gasteiger partial charge in [-0.2, -0.15) is 0 Å². The molecule has 0 radical (unpaired) electrons. The summed E-state index contributed by atoms with van der Waals surface area (Å²) in [6, 6.07) is -0.163. The number of halogens is 2. The lowest BCUT2D eigenvalue weighted by atomic mass is 10.1. The van der Waals surface area contributed by atoms with Crippen LogP contribution in [0.25, 0.3) is 0 Å². The fraction of sp³-hybridized carbons (Fsp3) is 0.667. The van der Waals surface area contributed by atoms with Gasteiger partial charge in [-0.3, -0.25) is 4.79 Å². The van der Waals surface area contributed by atoms with Gasteiger partial charge in [0.15, 0.2) is 0 Å². The minimum atomic E-state index is -0.521. The van der Waals surface area contributed by atoms with Crippen LogP contribution in [0.2, 0.25) is 0 Å². The number of alkyl carbamates (subject to hydrolysis) is 1. The smallest absolute Gasteiger partial charge is 0.407 e. The van der Waals surface area contributed by atoms with E-state index in [1.807, 2.05) is 43.4 Å². The quantitative estimate of drug-likeness (QED) is 0.147. The number of alkyl halides is 2. The summed E-state index contributed by atoms with van der Waals surface area (Å²) in [5, 5.41) is 12.1. The second-order valence-electron chi connectivity index (χ2n) is 6.94. The molecule has 4 N–H and O–H groups in total. The van der Waals surface area contributed by atoms with Crippen LogP contribution < -0.4 is 21.3 Å². The third kappa shape index (κ3) is 14.9. The monoisotopic (exact) mass is 606 g/mol. The molecule has 0 heterocycles. The molecule has 0 unspecified atom stereocenters. The van der Waals surface area contributed by atoms with Crippen LogP contribution >= 0.6 is 45.2 Å². The highest BCUT2D eigenvalue weighted by molar-refractivity contribution is 14.1. The number of carbonyl (C=O) groups excluding carboxylic acids is 2. The SMILES string of the molecule is C=C(CI)NCCC[C@H](NC(=O)CI)C(=C)NCCNC(=O)OC(C)(C)C. The van der Waals surface area contributed by atoms with Crippen LogP contribution in [-0.4, -0.2) is 52.1 Å². The zero-order valence-electron chi connectivity index (χ0n) is 16.4. The zero-order chi connectivity index (χ0) is 20.9. The number of allylic oxidation sites excluding steroid dienone is 1. The maximum atomic E-state index is 11.8. The van der Waals surface area contributed by atoms with E-state index in [0.29, 0.717) is 17.5 Å². The Kier molecular flexibility index (Phi) is 13.9. The van der Waals surface area contributed by atoms with Crippen molar-refractivity contribution in [3.05, 3.63) is 24.6 Å². The Bertz CT molecular complexity index is 507. The van der Waals surface area contributed by atoms with Crippen LogP contribution in [0.3, 0.4) is 0 Å². The summed E-state index contributed by atoms with van der Waals surface area (Å²) in [6.45, 7) is 15.1. The third-order valence-corrected chi connectivity index (χ3v) is 4.84.